The van der Waals surface area contributed by atoms with Gasteiger partial charge in [0.2, 0.25) is 5.91 Å². The summed E-state index contributed by atoms with van der Waals surface area (Å²) in [5.41, 5.74) is 8.40. The Morgan fingerprint density at radius 1 is 1.18 bits per heavy atom. The fourth-order valence-electron chi connectivity index (χ4n) is 2.59. The second-order valence-electron chi connectivity index (χ2n) is 5.76. The maximum atomic E-state index is 12.0. The SMILES string of the molecule is Cc1ccccc1CN1CCN(C(=O)CC(C)N)CC1.Cl.Cl. The van der Waals surface area contributed by atoms with Crippen molar-refractivity contribution in [3.8, 4) is 0 Å². The topological polar surface area (TPSA) is 49.6 Å². The van der Waals surface area contributed by atoms with Crippen LogP contribution in [0.1, 0.15) is 24.5 Å². The van der Waals surface area contributed by atoms with Crippen molar-refractivity contribution in [1.82, 2.24) is 9.80 Å². The van der Waals surface area contributed by atoms with Gasteiger partial charge in [-0.25, -0.2) is 0 Å². The summed E-state index contributed by atoms with van der Waals surface area (Å²) in [6.45, 7) is 8.53. The predicted molar refractivity (Wildman–Crippen MR) is 95.8 cm³/mol. The van der Waals surface area contributed by atoms with Gasteiger partial charge in [0.25, 0.3) is 0 Å². The number of carbonyl (C=O) groups is 1. The summed E-state index contributed by atoms with van der Waals surface area (Å²) in [6.07, 6.45) is 0.456. The molecule has 0 aromatic heterocycles. The van der Waals surface area contributed by atoms with Gasteiger partial charge < -0.3 is 10.6 Å². The van der Waals surface area contributed by atoms with Gasteiger partial charge in [0, 0.05) is 45.2 Å². The lowest BCUT2D eigenvalue weighted by Crippen LogP contribution is -2.49. The Bertz CT molecular complexity index is 460. The second-order valence-corrected chi connectivity index (χ2v) is 5.76. The molecule has 0 spiro atoms. The van der Waals surface area contributed by atoms with E-state index in [4.69, 9.17) is 5.73 Å². The molecular formula is C16H27Cl2N3O. The van der Waals surface area contributed by atoms with Gasteiger partial charge in [0.15, 0.2) is 0 Å². The minimum absolute atomic E-state index is 0. The normalized spacial score (nSPS) is 16.4. The van der Waals surface area contributed by atoms with Crippen LogP contribution in [0.15, 0.2) is 24.3 Å². The molecular weight excluding hydrogens is 321 g/mol. The Morgan fingerprint density at radius 2 is 1.77 bits per heavy atom. The molecule has 2 N–H and O–H groups in total. The average molecular weight is 348 g/mol. The van der Waals surface area contributed by atoms with Crippen molar-refractivity contribution < 1.29 is 4.79 Å². The molecule has 22 heavy (non-hydrogen) atoms. The highest BCUT2D eigenvalue weighted by molar-refractivity contribution is 5.85. The highest BCUT2D eigenvalue weighted by atomic mass is 35.5. The Labute approximate surface area is 145 Å². The van der Waals surface area contributed by atoms with Gasteiger partial charge in [-0.1, -0.05) is 24.3 Å². The van der Waals surface area contributed by atoms with Gasteiger partial charge >= 0.3 is 0 Å². The van der Waals surface area contributed by atoms with Crippen molar-refractivity contribution in [2.75, 3.05) is 26.2 Å². The van der Waals surface area contributed by atoms with Crippen LogP contribution < -0.4 is 5.73 Å². The number of aryl methyl sites for hydroxylation is 1. The molecule has 1 aromatic rings. The zero-order valence-corrected chi connectivity index (χ0v) is 15.0. The number of nitrogens with two attached hydrogens (primary N) is 1. The molecule has 6 heteroatoms. The first-order chi connectivity index (χ1) is 9.56. The first kappa shape index (κ1) is 21.2. The largest absolute Gasteiger partial charge is 0.340 e. The van der Waals surface area contributed by atoms with E-state index in [1.807, 2.05) is 11.8 Å². The molecule has 0 bridgehead atoms. The molecule has 1 aliphatic heterocycles. The number of hydrogen-bond donors (Lipinski definition) is 1. The van der Waals surface area contributed by atoms with Crippen LogP contribution >= 0.6 is 24.8 Å². The molecule has 1 heterocycles. The van der Waals surface area contributed by atoms with E-state index >= 15 is 0 Å². The molecule has 0 aliphatic carbocycles. The number of hydrogen-bond acceptors (Lipinski definition) is 3. The van der Waals surface area contributed by atoms with E-state index in [0.717, 1.165) is 32.7 Å². The molecule has 0 saturated carbocycles. The quantitative estimate of drug-likeness (QED) is 0.908. The fourth-order valence-corrected chi connectivity index (χ4v) is 2.59. The maximum absolute atomic E-state index is 12.0. The summed E-state index contributed by atoms with van der Waals surface area (Å²) in [6, 6.07) is 8.45. The highest BCUT2D eigenvalue weighted by Gasteiger charge is 2.21. The molecule has 1 fully saturated rings. The average Bonchev–Trinajstić information content (AvgIpc) is 2.41. The van der Waals surface area contributed by atoms with E-state index in [1.54, 1.807) is 0 Å². The van der Waals surface area contributed by atoms with E-state index in [0.29, 0.717) is 6.42 Å². The van der Waals surface area contributed by atoms with Crippen molar-refractivity contribution in [2.45, 2.75) is 32.9 Å². The number of piperazine rings is 1. The lowest BCUT2D eigenvalue weighted by atomic mass is 10.1. The molecule has 1 amide bonds. The number of amides is 1. The number of halogens is 2. The van der Waals surface area contributed by atoms with Crippen molar-refractivity contribution >= 4 is 30.7 Å². The summed E-state index contributed by atoms with van der Waals surface area (Å²) in [4.78, 5) is 16.3. The van der Waals surface area contributed by atoms with Crippen molar-refractivity contribution in [3.05, 3.63) is 35.4 Å². The second kappa shape index (κ2) is 10.1. The van der Waals surface area contributed by atoms with E-state index in [9.17, 15) is 4.79 Å². The third kappa shape index (κ3) is 6.13. The highest BCUT2D eigenvalue weighted by Crippen LogP contribution is 2.13. The van der Waals surface area contributed by atoms with Gasteiger partial charge in [0.1, 0.15) is 0 Å². The van der Waals surface area contributed by atoms with E-state index in [2.05, 4.69) is 36.1 Å². The molecule has 1 atom stereocenters. The monoisotopic (exact) mass is 347 g/mol. The number of nitrogens with zero attached hydrogens (tertiary/aromatic N) is 2. The predicted octanol–water partition coefficient (Wildman–Crippen LogP) is 2.22. The van der Waals surface area contributed by atoms with Crippen LogP contribution in [-0.4, -0.2) is 47.9 Å². The van der Waals surface area contributed by atoms with Crippen molar-refractivity contribution in [2.24, 2.45) is 5.73 Å². The molecule has 4 nitrogen and oxygen atoms in total. The Hall–Kier alpha value is -0.810. The van der Waals surface area contributed by atoms with Crippen LogP contribution in [0.5, 0.6) is 0 Å². The van der Waals surface area contributed by atoms with Gasteiger partial charge in [-0.3, -0.25) is 9.69 Å². The molecule has 1 unspecified atom stereocenters. The number of carbonyl (C=O) groups excluding carboxylic acids is 1. The molecule has 1 aliphatic rings. The summed E-state index contributed by atoms with van der Waals surface area (Å²) in [5.74, 6) is 0.190. The lowest BCUT2D eigenvalue weighted by molar-refractivity contribution is -0.133. The van der Waals surface area contributed by atoms with E-state index in [1.165, 1.54) is 11.1 Å². The fraction of sp³-hybridized carbons (Fsp3) is 0.562. The van der Waals surface area contributed by atoms with E-state index in [-0.39, 0.29) is 36.8 Å². The summed E-state index contributed by atoms with van der Waals surface area (Å²) in [7, 11) is 0. The standard InChI is InChI=1S/C16H25N3O.2ClH/c1-13-5-3-4-6-15(13)12-18-7-9-19(10-8-18)16(20)11-14(2)17;;/h3-6,14H,7-12,17H2,1-2H3;2*1H. The van der Waals surface area contributed by atoms with Crippen LogP contribution in [0.25, 0.3) is 0 Å². The van der Waals surface area contributed by atoms with E-state index < -0.39 is 0 Å². The number of rotatable bonds is 4. The third-order valence-electron chi connectivity index (χ3n) is 3.88. The molecule has 126 valence electrons. The van der Waals surface area contributed by atoms with Crippen molar-refractivity contribution in [1.29, 1.82) is 0 Å². The van der Waals surface area contributed by atoms with Gasteiger partial charge in [-0.05, 0) is 25.0 Å². The molecule has 1 aromatic carbocycles. The maximum Gasteiger partial charge on any atom is 0.224 e. The van der Waals surface area contributed by atoms with Gasteiger partial charge in [-0.15, -0.1) is 24.8 Å². The smallest absolute Gasteiger partial charge is 0.224 e. The summed E-state index contributed by atoms with van der Waals surface area (Å²) in [5, 5.41) is 0. The minimum atomic E-state index is -0.0486. The van der Waals surface area contributed by atoms with Crippen LogP contribution in [-0.2, 0) is 11.3 Å². The van der Waals surface area contributed by atoms with Gasteiger partial charge in [-0.2, -0.15) is 0 Å². The first-order valence-corrected chi connectivity index (χ1v) is 7.36. The van der Waals surface area contributed by atoms with Crippen molar-refractivity contribution in [3.63, 3.8) is 0 Å². The zero-order valence-electron chi connectivity index (χ0n) is 13.3. The Kier molecular flexibility index (Phi) is 9.69. The van der Waals surface area contributed by atoms with Gasteiger partial charge in [0.05, 0.1) is 0 Å². The summed E-state index contributed by atoms with van der Waals surface area (Å²) >= 11 is 0. The Balaban J connectivity index is 0.00000220. The first-order valence-electron chi connectivity index (χ1n) is 7.36. The summed E-state index contributed by atoms with van der Waals surface area (Å²) < 4.78 is 0. The van der Waals surface area contributed by atoms with Crippen LogP contribution in [0.3, 0.4) is 0 Å². The molecule has 2 rings (SSSR count). The van der Waals surface area contributed by atoms with Crippen LogP contribution in [0.2, 0.25) is 0 Å². The van der Waals surface area contributed by atoms with Crippen LogP contribution in [0.4, 0.5) is 0 Å². The van der Waals surface area contributed by atoms with Crippen LogP contribution in [0, 0.1) is 6.92 Å². The minimum Gasteiger partial charge on any atom is -0.340 e. The lowest BCUT2D eigenvalue weighted by Gasteiger charge is -2.35. The number of benzene rings is 1. The Morgan fingerprint density at radius 3 is 2.32 bits per heavy atom. The third-order valence-corrected chi connectivity index (χ3v) is 3.88. The molecule has 1 saturated heterocycles. The zero-order chi connectivity index (χ0) is 14.5. The molecule has 0 radical (unpaired) electrons.